The van der Waals surface area contributed by atoms with Gasteiger partial charge in [-0.3, -0.25) is 4.98 Å². The number of rotatable bonds is 3. The number of anilines is 1. The van der Waals surface area contributed by atoms with E-state index in [1.54, 1.807) is 31.5 Å². The van der Waals surface area contributed by atoms with E-state index in [2.05, 4.69) is 10.1 Å². The van der Waals surface area contributed by atoms with E-state index in [4.69, 9.17) is 26.6 Å². The molecular weight excluding hydrogens is 290 g/mol. The maximum Gasteiger partial charge on any atom is 0.195 e. The molecule has 2 heterocycles. The predicted molar refractivity (Wildman–Crippen MR) is 81.1 cm³/mol. The number of hydrogen-bond acceptors (Lipinski definition) is 5. The predicted octanol–water partition coefficient (Wildman–Crippen LogP) is 3.65. The highest BCUT2D eigenvalue weighted by molar-refractivity contribution is 6.31. The Morgan fingerprint density at radius 1 is 1.24 bits per heavy atom. The third kappa shape index (κ3) is 2.43. The monoisotopic (exact) mass is 301 g/mol. The number of benzene rings is 1. The lowest BCUT2D eigenvalue weighted by atomic mass is 10.0. The Kier molecular flexibility index (Phi) is 3.50. The molecular formula is C15H12ClN3O2. The SMILES string of the molecule is COc1ccc(Cl)cc1-c1c(N)noc1-c1ccccn1. The Morgan fingerprint density at radius 2 is 2.10 bits per heavy atom. The van der Waals surface area contributed by atoms with Crippen molar-refractivity contribution in [1.29, 1.82) is 0 Å². The zero-order valence-corrected chi connectivity index (χ0v) is 12.0. The number of pyridine rings is 1. The van der Waals surface area contributed by atoms with Gasteiger partial charge in [-0.25, -0.2) is 0 Å². The van der Waals surface area contributed by atoms with Gasteiger partial charge in [-0.2, -0.15) is 0 Å². The molecule has 0 amide bonds. The third-order valence-corrected chi connectivity index (χ3v) is 3.28. The highest BCUT2D eigenvalue weighted by atomic mass is 35.5. The second-order valence-corrected chi connectivity index (χ2v) is 4.77. The molecule has 3 rings (SSSR count). The fourth-order valence-corrected chi connectivity index (χ4v) is 2.28. The van der Waals surface area contributed by atoms with Crippen LogP contribution in [0.4, 0.5) is 5.82 Å². The van der Waals surface area contributed by atoms with Crippen LogP contribution in [0.3, 0.4) is 0 Å². The van der Waals surface area contributed by atoms with Gasteiger partial charge in [-0.1, -0.05) is 22.8 Å². The molecule has 0 aliphatic rings. The normalized spacial score (nSPS) is 10.6. The van der Waals surface area contributed by atoms with E-state index in [1.165, 1.54) is 0 Å². The summed E-state index contributed by atoms with van der Waals surface area (Å²) in [6.07, 6.45) is 1.67. The minimum absolute atomic E-state index is 0.260. The van der Waals surface area contributed by atoms with Crippen molar-refractivity contribution >= 4 is 17.4 Å². The van der Waals surface area contributed by atoms with Crippen molar-refractivity contribution in [2.24, 2.45) is 0 Å². The Morgan fingerprint density at radius 3 is 2.81 bits per heavy atom. The third-order valence-electron chi connectivity index (χ3n) is 3.05. The quantitative estimate of drug-likeness (QED) is 0.799. The fraction of sp³-hybridized carbons (Fsp3) is 0.0667. The van der Waals surface area contributed by atoms with E-state index >= 15 is 0 Å². The smallest absolute Gasteiger partial charge is 0.195 e. The van der Waals surface area contributed by atoms with Crippen molar-refractivity contribution in [1.82, 2.24) is 10.1 Å². The average Bonchev–Trinajstić information content (AvgIpc) is 2.89. The molecule has 6 heteroatoms. The van der Waals surface area contributed by atoms with E-state index in [1.807, 2.05) is 18.2 Å². The van der Waals surface area contributed by atoms with Crippen LogP contribution in [-0.4, -0.2) is 17.3 Å². The molecule has 0 aliphatic carbocycles. The van der Waals surface area contributed by atoms with Crippen LogP contribution in [0.5, 0.6) is 5.75 Å². The van der Waals surface area contributed by atoms with E-state index in [0.29, 0.717) is 33.4 Å². The van der Waals surface area contributed by atoms with Gasteiger partial charge in [0.05, 0.1) is 12.7 Å². The first-order valence-electron chi connectivity index (χ1n) is 6.21. The van der Waals surface area contributed by atoms with Crippen molar-refractivity contribution in [2.45, 2.75) is 0 Å². The number of ether oxygens (including phenoxy) is 1. The maximum atomic E-state index is 6.08. The van der Waals surface area contributed by atoms with Crippen LogP contribution >= 0.6 is 11.6 Å². The van der Waals surface area contributed by atoms with Crippen LogP contribution in [0, 0.1) is 0 Å². The van der Waals surface area contributed by atoms with Crippen molar-refractivity contribution in [3.05, 3.63) is 47.6 Å². The molecule has 2 aromatic heterocycles. The summed E-state index contributed by atoms with van der Waals surface area (Å²) in [5, 5.41) is 4.41. The minimum atomic E-state index is 0.260. The van der Waals surface area contributed by atoms with Gasteiger partial charge in [-0.05, 0) is 30.3 Å². The van der Waals surface area contributed by atoms with E-state index in [9.17, 15) is 0 Å². The van der Waals surface area contributed by atoms with Gasteiger partial charge in [0.25, 0.3) is 0 Å². The van der Waals surface area contributed by atoms with Gasteiger partial charge >= 0.3 is 0 Å². The Balaban J connectivity index is 2.24. The molecule has 0 saturated carbocycles. The zero-order chi connectivity index (χ0) is 14.8. The van der Waals surface area contributed by atoms with Crippen LogP contribution in [-0.2, 0) is 0 Å². The summed E-state index contributed by atoms with van der Waals surface area (Å²) in [7, 11) is 1.58. The molecule has 106 valence electrons. The lowest BCUT2D eigenvalue weighted by Crippen LogP contribution is -1.93. The number of halogens is 1. The molecule has 0 bridgehead atoms. The molecule has 3 aromatic rings. The van der Waals surface area contributed by atoms with Crippen molar-refractivity contribution in [2.75, 3.05) is 12.8 Å². The van der Waals surface area contributed by atoms with Gasteiger partial charge in [-0.15, -0.1) is 0 Å². The lowest BCUT2D eigenvalue weighted by molar-refractivity contribution is 0.416. The van der Waals surface area contributed by atoms with E-state index in [0.717, 1.165) is 0 Å². The zero-order valence-electron chi connectivity index (χ0n) is 11.2. The summed E-state index contributed by atoms with van der Waals surface area (Å²) in [6, 6.07) is 10.8. The van der Waals surface area contributed by atoms with Gasteiger partial charge in [0.15, 0.2) is 11.6 Å². The summed E-state index contributed by atoms with van der Waals surface area (Å²) < 4.78 is 10.7. The molecule has 1 aromatic carbocycles. The highest BCUT2D eigenvalue weighted by Gasteiger charge is 2.21. The summed E-state index contributed by atoms with van der Waals surface area (Å²) in [5.74, 6) is 1.37. The van der Waals surface area contributed by atoms with Crippen LogP contribution in [0.2, 0.25) is 5.02 Å². The Labute approximate surface area is 126 Å². The second-order valence-electron chi connectivity index (χ2n) is 4.33. The first-order valence-corrected chi connectivity index (χ1v) is 6.59. The molecule has 0 radical (unpaired) electrons. The highest BCUT2D eigenvalue weighted by Crippen LogP contribution is 2.41. The second kappa shape index (κ2) is 5.46. The largest absolute Gasteiger partial charge is 0.496 e. The molecule has 0 aliphatic heterocycles. The number of nitrogens with two attached hydrogens (primary N) is 1. The lowest BCUT2D eigenvalue weighted by Gasteiger charge is -2.09. The molecule has 2 N–H and O–H groups in total. The van der Waals surface area contributed by atoms with E-state index in [-0.39, 0.29) is 5.82 Å². The summed E-state index contributed by atoms with van der Waals surface area (Å²) >= 11 is 6.08. The number of nitrogens with zero attached hydrogens (tertiary/aromatic N) is 2. The van der Waals surface area contributed by atoms with Crippen LogP contribution in [0.25, 0.3) is 22.6 Å². The molecule has 21 heavy (non-hydrogen) atoms. The molecule has 0 saturated heterocycles. The molecule has 0 fully saturated rings. The Hall–Kier alpha value is -2.53. The fourth-order valence-electron chi connectivity index (χ4n) is 2.11. The number of aromatic nitrogens is 2. The summed E-state index contributed by atoms with van der Waals surface area (Å²) in [4.78, 5) is 4.26. The van der Waals surface area contributed by atoms with Gasteiger partial charge in [0.1, 0.15) is 11.4 Å². The average molecular weight is 302 g/mol. The van der Waals surface area contributed by atoms with Gasteiger partial charge in [0.2, 0.25) is 0 Å². The van der Waals surface area contributed by atoms with Crippen LogP contribution in [0.1, 0.15) is 0 Å². The molecule has 5 nitrogen and oxygen atoms in total. The summed E-state index contributed by atoms with van der Waals surface area (Å²) in [6.45, 7) is 0. The van der Waals surface area contributed by atoms with E-state index < -0.39 is 0 Å². The first kappa shape index (κ1) is 13.5. The number of methoxy groups -OCH3 is 1. The van der Waals surface area contributed by atoms with Crippen molar-refractivity contribution in [3.63, 3.8) is 0 Å². The van der Waals surface area contributed by atoms with Crippen molar-refractivity contribution in [3.8, 4) is 28.3 Å². The number of hydrogen-bond donors (Lipinski definition) is 1. The van der Waals surface area contributed by atoms with Gasteiger partial charge < -0.3 is 15.0 Å². The van der Waals surface area contributed by atoms with Gasteiger partial charge in [0, 0.05) is 16.8 Å². The first-order chi connectivity index (χ1) is 10.2. The maximum absolute atomic E-state index is 6.08. The Bertz CT molecular complexity index is 772. The number of nitrogen functional groups attached to an aromatic ring is 1. The molecule has 0 atom stereocenters. The topological polar surface area (TPSA) is 74.2 Å². The molecule has 0 unspecified atom stereocenters. The van der Waals surface area contributed by atoms with Crippen molar-refractivity contribution < 1.29 is 9.26 Å². The standard InChI is InChI=1S/C15H12ClN3O2/c1-20-12-6-5-9(16)8-10(12)13-14(21-19-15(13)17)11-4-2-3-7-18-11/h2-8H,1H3,(H2,17,19). The minimum Gasteiger partial charge on any atom is -0.496 e. The van der Waals surface area contributed by atoms with Crippen LogP contribution < -0.4 is 10.5 Å². The van der Waals surface area contributed by atoms with Crippen LogP contribution in [0.15, 0.2) is 47.1 Å². The summed E-state index contributed by atoms with van der Waals surface area (Å²) in [5.41, 5.74) is 7.92. The molecule has 0 spiro atoms.